The fourth-order valence-electron chi connectivity index (χ4n) is 10.4. The second-order valence-corrected chi connectivity index (χ2v) is 17.6. The van der Waals surface area contributed by atoms with E-state index in [2.05, 4.69) is 215 Å². The Kier molecular flexibility index (Phi) is 8.79. The van der Waals surface area contributed by atoms with Crippen LogP contribution < -0.4 is 0 Å². The summed E-state index contributed by atoms with van der Waals surface area (Å²) in [5.41, 5.74) is 15.5. The van der Waals surface area contributed by atoms with Crippen molar-refractivity contribution in [2.45, 2.75) is 0 Å². The lowest BCUT2D eigenvalue weighted by atomic mass is 9.96. The first kappa shape index (κ1) is 38.8. The maximum atomic E-state index is 6.21. The average molecular weight is 882 g/mol. The minimum atomic E-state index is 0.587. The van der Waals surface area contributed by atoms with Crippen LogP contribution in [0.2, 0.25) is 0 Å². The molecule has 4 aromatic heterocycles. The highest BCUT2D eigenvalue weighted by molar-refractivity contribution is 6.11. The molecule has 6 nitrogen and oxygen atoms in total. The molecule has 14 rings (SSSR count). The first-order valence-corrected chi connectivity index (χ1v) is 23.3. The zero-order valence-electron chi connectivity index (χ0n) is 37.2. The Labute approximate surface area is 396 Å². The number of furan rings is 1. The molecule has 0 bridgehead atoms. The minimum Gasteiger partial charge on any atom is -0.456 e. The minimum absolute atomic E-state index is 0.587. The lowest BCUT2D eigenvalue weighted by Crippen LogP contribution is -2.03. The van der Waals surface area contributed by atoms with Gasteiger partial charge in [0.15, 0.2) is 17.5 Å². The van der Waals surface area contributed by atoms with E-state index in [0.717, 1.165) is 94.3 Å². The van der Waals surface area contributed by atoms with E-state index >= 15 is 0 Å². The number of para-hydroxylation sites is 5. The third kappa shape index (κ3) is 6.38. The molecule has 14 aromatic rings. The van der Waals surface area contributed by atoms with Crippen LogP contribution in [0.15, 0.2) is 241 Å². The Morgan fingerprint density at radius 2 is 0.739 bits per heavy atom. The number of rotatable bonds is 7. The Morgan fingerprint density at radius 1 is 0.275 bits per heavy atom. The smallest absolute Gasteiger partial charge is 0.164 e. The van der Waals surface area contributed by atoms with Crippen molar-refractivity contribution in [3.63, 3.8) is 0 Å². The number of benzene rings is 10. The van der Waals surface area contributed by atoms with E-state index in [-0.39, 0.29) is 0 Å². The molecule has 0 saturated heterocycles. The van der Waals surface area contributed by atoms with Gasteiger partial charge in [-0.2, -0.15) is 0 Å². The Bertz CT molecular complexity index is 4220. The second kappa shape index (κ2) is 15.6. The molecule has 0 fully saturated rings. The van der Waals surface area contributed by atoms with E-state index in [1.54, 1.807) is 0 Å². The number of aromatic nitrogens is 5. The van der Waals surface area contributed by atoms with Crippen molar-refractivity contribution in [2.24, 2.45) is 0 Å². The molecule has 0 aliphatic heterocycles. The van der Waals surface area contributed by atoms with Gasteiger partial charge in [0, 0.05) is 60.3 Å². The topological polar surface area (TPSA) is 61.7 Å². The van der Waals surface area contributed by atoms with E-state index < -0.39 is 0 Å². The van der Waals surface area contributed by atoms with Crippen LogP contribution in [0.1, 0.15) is 0 Å². The molecule has 0 amide bonds. The summed E-state index contributed by atoms with van der Waals surface area (Å²) in [7, 11) is 0. The van der Waals surface area contributed by atoms with Crippen LogP contribution in [0, 0.1) is 0 Å². The molecular weight excluding hydrogens is 843 g/mol. The molecule has 0 atom stereocenters. The molecule has 322 valence electrons. The summed E-state index contributed by atoms with van der Waals surface area (Å²) in [4.78, 5) is 15.8. The van der Waals surface area contributed by atoms with Crippen LogP contribution in [0.5, 0.6) is 0 Å². The van der Waals surface area contributed by atoms with Gasteiger partial charge in [0.25, 0.3) is 0 Å². The number of hydrogen-bond acceptors (Lipinski definition) is 4. The molecule has 0 saturated carbocycles. The molecule has 0 radical (unpaired) electrons. The summed E-state index contributed by atoms with van der Waals surface area (Å²) in [6.45, 7) is 0. The molecule has 0 aliphatic carbocycles. The standard InChI is InChI=1S/C63H39N5O/c1-2-16-40(17-3-1)61-64-62(44-20-15-21-46(37-44)67-54-27-9-4-22-48(54)49-23-5-10-28-55(49)67)66-63(65-61)45-32-34-47(58(39-45)68-56-29-11-6-24-50(56)51-25-7-12-30-57(51)68)43-19-14-18-41(36-43)42-33-35-60-53(38-42)52-26-8-13-31-59(52)69-60/h1-39H. The van der Waals surface area contributed by atoms with Crippen molar-refractivity contribution < 1.29 is 4.42 Å². The molecule has 10 aromatic carbocycles. The maximum Gasteiger partial charge on any atom is 0.164 e. The molecule has 0 aliphatic rings. The van der Waals surface area contributed by atoms with E-state index in [0.29, 0.717) is 17.5 Å². The highest BCUT2D eigenvalue weighted by atomic mass is 16.3. The Hall–Kier alpha value is -9.39. The van der Waals surface area contributed by atoms with Crippen LogP contribution in [-0.4, -0.2) is 24.1 Å². The second-order valence-electron chi connectivity index (χ2n) is 17.6. The summed E-state index contributed by atoms with van der Waals surface area (Å²) in [6, 6.07) is 83.5. The summed E-state index contributed by atoms with van der Waals surface area (Å²) in [5.74, 6) is 1.79. The first-order valence-electron chi connectivity index (χ1n) is 23.3. The van der Waals surface area contributed by atoms with Crippen molar-refractivity contribution in [1.82, 2.24) is 24.1 Å². The summed E-state index contributed by atoms with van der Waals surface area (Å²) < 4.78 is 10.9. The van der Waals surface area contributed by atoms with Gasteiger partial charge in [-0.3, -0.25) is 0 Å². The largest absolute Gasteiger partial charge is 0.456 e. The molecular formula is C63H39N5O. The lowest BCUT2D eigenvalue weighted by Gasteiger charge is -2.17. The van der Waals surface area contributed by atoms with Gasteiger partial charge in [-0.25, -0.2) is 15.0 Å². The van der Waals surface area contributed by atoms with E-state index in [1.165, 1.54) is 21.5 Å². The van der Waals surface area contributed by atoms with Crippen molar-refractivity contribution in [2.75, 3.05) is 0 Å². The van der Waals surface area contributed by atoms with Crippen molar-refractivity contribution in [1.29, 1.82) is 0 Å². The highest BCUT2D eigenvalue weighted by Crippen LogP contribution is 2.41. The van der Waals surface area contributed by atoms with Gasteiger partial charge in [0.1, 0.15) is 11.2 Å². The van der Waals surface area contributed by atoms with Crippen molar-refractivity contribution in [3.05, 3.63) is 237 Å². The summed E-state index contributed by atoms with van der Waals surface area (Å²) in [5, 5.41) is 7.03. The highest BCUT2D eigenvalue weighted by Gasteiger charge is 2.20. The first-order chi connectivity index (χ1) is 34.2. The number of fused-ring (bicyclic) bond motifs is 9. The zero-order valence-corrected chi connectivity index (χ0v) is 37.2. The SMILES string of the molecule is c1ccc(-c2nc(-c3cccc(-n4c5ccccc5c5ccccc54)c3)nc(-c3ccc(-c4cccc(-c5ccc6oc7ccccc7c6c5)c4)c(-n4c5ccccc5c5ccccc54)c3)n2)cc1. The van der Waals surface area contributed by atoms with Gasteiger partial charge in [0.05, 0.1) is 27.8 Å². The Morgan fingerprint density at radius 3 is 1.41 bits per heavy atom. The lowest BCUT2D eigenvalue weighted by molar-refractivity contribution is 0.669. The third-order valence-corrected chi connectivity index (χ3v) is 13.6. The van der Waals surface area contributed by atoms with Gasteiger partial charge in [-0.15, -0.1) is 0 Å². The molecule has 0 N–H and O–H groups in total. The number of hydrogen-bond donors (Lipinski definition) is 0. The molecule has 0 unspecified atom stereocenters. The van der Waals surface area contributed by atoms with Crippen molar-refractivity contribution >= 4 is 65.6 Å². The molecule has 0 spiro atoms. The average Bonchev–Trinajstić information content (AvgIpc) is 4.08. The summed E-state index contributed by atoms with van der Waals surface area (Å²) >= 11 is 0. The van der Waals surface area contributed by atoms with Gasteiger partial charge < -0.3 is 13.6 Å². The van der Waals surface area contributed by atoms with Gasteiger partial charge >= 0.3 is 0 Å². The van der Waals surface area contributed by atoms with Gasteiger partial charge in [0.2, 0.25) is 0 Å². The van der Waals surface area contributed by atoms with Crippen LogP contribution in [-0.2, 0) is 0 Å². The van der Waals surface area contributed by atoms with Crippen LogP contribution in [0.25, 0.3) is 133 Å². The predicted octanol–water partition coefficient (Wildman–Crippen LogP) is 16.3. The fraction of sp³-hybridized carbons (Fsp3) is 0. The predicted molar refractivity (Wildman–Crippen MR) is 283 cm³/mol. The van der Waals surface area contributed by atoms with Crippen LogP contribution in [0.4, 0.5) is 0 Å². The number of nitrogens with zero attached hydrogens (tertiary/aromatic N) is 5. The Balaban J connectivity index is 0.966. The van der Waals surface area contributed by atoms with Crippen molar-refractivity contribution in [3.8, 4) is 67.8 Å². The van der Waals surface area contributed by atoms with E-state index in [9.17, 15) is 0 Å². The summed E-state index contributed by atoms with van der Waals surface area (Å²) in [6.07, 6.45) is 0. The molecule has 4 heterocycles. The van der Waals surface area contributed by atoms with Crippen LogP contribution in [0.3, 0.4) is 0 Å². The maximum absolute atomic E-state index is 6.21. The molecule has 6 heteroatoms. The zero-order chi connectivity index (χ0) is 45.4. The molecule has 69 heavy (non-hydrogen) atoms. The van der Waals surface area contributed by atoms with E-state index in [4.69, 9.17) is 19.4 Å². The third-order valence-electron chi connectivity index (χ3n) is 13.6. The van der Waals surface area contributed by atoms with Gasteiger partial charge in [-0.1, -0.05) is 170 Å². The normalized spacial score (nSPS) is 11.8. The van der Waals surface area contributed by atoms with Gasteiger partial charge in [-0.05, 0) is 83.4 Å². The monoisotopic (exact) mass is 881 g/mol. The fourth-order valence-corrected chi connectivity index (χ4v) is 10.4. The van der Waals surface area contributed by atoms with Crippen LogP contribution >= 0.6 is 0 Å². The quantitative estimate of drug-likeness (QED) is 0.160. The van der Waals surface area contributed by atoms with E-state index in [1.807, 2.05) is 30.3 Å².